The lowest BCUT2D eigenvalue weighted by Crippen LogP contribution is -2.31. The largest absolute Gasteiger partial charge is 0.326 e. The Morgan fingerprint density at radius 1 is 1.00 bits per heavy atom. The maximum Gasteiger partial charge on any atom is 0.326 e. The van der Waals surface area contributed by atoms with Gasteiger partial charge in [0, 0.05) is 25.2 Å². The summed E-state index contributed by atoms with van der Waals surface area (Å²) in [5.41, 5.74) is 1.92. The van der Waals surface area contributed by atoms with Crippen molar-refractivity contribution in [2.75, 3.05) is 23.3 Å². The number of anilines is 2. The van der Waals surface area contributed by atoms with Crippen molar-refractivity contribution in [2.45, 2.75) is 6.54 Å². The second kappa shape index (κ2) is 8.10. The summed E-state index contributed by atoms with van der Waals surface area (Å²) in [5, 5.41) is 2.71. The summed E-state index contributed by atoms with van der Waals surface area (Å²) in [7, 11) is 0. The molecule has 146 valence electrons. The fourth-order valence-electron chi connectivity index (χ4n) is 3.17. The number of nitrogens with zero attached hydrogens (tertiary/aromatic N) is 3. The number of urea groups is 1. The summed E-state index contributed by atoms with van der Waals surface area (Å²) in [6, 6.07) is 18.4. The van der Waals surface area contributed by atoms with Gasteiger partial charge < -0.3 is 10.2 Å². The molecule has 3 aromatic rings. The van der Waals surface area contributed by atoms with Crippen molar-refractivity contribution in [3.8, 4) is 0 Å². The van der Waals surface area contributed by atoms with Crippen molar-refractivity contribution >= 4 is 23.4 Å². The Balaban J connectivity index is 1.39. The molecular weight excluding hydrogens is 371 g/mol. The second-order valence-electron chi connectivity index (χ2n) is 6.71. The topological polar surface area (TPSA) is 65.5 Å². The highest BCUT2D eigenvalue weighted by Gasteiger charge is 2.30. The molecule has 0 spiro atoms. The molecule has 3 amide bonds. The van der Waals surface area contributed by atoms with E-state index in [4.69, 9.17) is 0 Å². The summed E-state index contributed by atoms with van der Waals surface area (Å²) in [5.74, 6) is -0.222. The molecule has 1 fully saturated rings. The standard InChI is InChI=1S/C22H19FN4O2/c23-18-8-6-17(7-9-18)21(28)25-19-10-11-20(24-14-19)27-13-12-26(22(27)29)15-16-4-2-1-3-5-16/h1-11,14H,12-13,15H2,(H,25,28). The number of hydrogen-bond acceptors (Lipinski definition) is 3. The van der Waals surface area contributed by atoms with E-state index in [9.17, 15) is 14.0 Å². The number of benzene rings is 2. The molecule has 0 bridgehead atoms. The van der Waals surface area contributed by atoms with Crippen molar-refractivity contribution in [1.29, 1.82) is 0 Å². The molecule has 0 unspecified atom stereocenters. The second-order valence-corrected chi connectivity index (χ2v) is 6.71. The van der Waals surface area contributed by atoms with Crippen LogP contribution in [0.5, 0.6) is 0 Å². The van der Waals surface area contributed by atoms with Crippen LogP contribution in [0.15, 0.2) is 72.9 Å². The highest BCUT2D eigenvalue weighted by atomic mass is 19.1. The Hall–Kier alpha value is -3.74. The Morgan fingerprint density at radius 3 is 2.45 bits per heavy atom. The summed E-state index contributed by atoms with van der Waals surface area (Å²) >= 11 is 0. The van der Waals surface area contributed by atoms with Gasteiger partial charge in [0.2, 0.25) is 0 Å². The van der Waals surface area contributed by atoms with Gasteiger partial charge in [0.15, 0.2) is 0 Å². The molecule has 1 aliphatic rings. The van der Waals surface area contributed by atoms with E-state index in [1.54, 1.807) is 21.9 Å². The van der Waals surface area contributed by atoms with Gasteiger partial charge in [-0.15, -0.1) is 0 Å². The van der Waals surface area contributed by atoms with Crippen molar-refractivity contribution in [3.05, 3.63) is 89.9 Å². The Morgan fingerprint density at radius 2 is 1.76 bits per heavy atom. The third kappa shape index (κ3) is 4.24. The fourth-order valence-corrected chi connectivity index (χ4v) is 3.17. The average molecular weight is 390 g/mol. The Labute approximate surface area is 167 Å². The third-order valence-electron chi connectivity index (χ3n) is 4.70. The van der Waals surface area contributed by atoms with Crippen LogP contribution < -0.4 is 10.2 Å². The van der Waals surface area contributed by atoms with Gasteiger partial charge in [0.25, 0.3) is 5.91 Å². The van der Waals surface area contributed by atoms with E-state index in [-0.39, 0.29) is 11.9 Å². The molecule has 1 aliphatic heterocycles. The lowest BCUT2D eigenvalue weighted by Gasteiger charge is -2.18. The molecule has 0 radical (unpaired) electrons. The smallest absolute Gasteiger partial charge is 0.321 e. The average Bonchev–Trinajstić information content (AvgIpc) is 3.10. The van der Waals surface area contributed by atoms with Crippen LogP contribution in [0, 0.1) is 5.82 Å². The number of carbonyl (C=O) groups excluding carboxylic acids is 2. The van der Waals surface area contributed by atoms with Crippen LogP contribution in [-0.4, -0.2) is 34.9 Å². The van der Waals surface area contributed by atoms with Crippen LogP contribution in [0.4, 0.5) is 20.7 Å². The zero-order valence-corrected chi connectivity index (χ0v) is 15.6. The van der Waals surface area contributed by atoms with E-state index in [0.717, 1.165) is 5.56 Å². The Kier molecular flexibility index (Phi) is 5.20. The van der Waals surface area contributed by atoms with Gasteiger partial charge in [-0.1, -0.05) is 30.3 Å². The number of hydrogen-bond donors (Lipinski definition) is 1. The van der Waals surface area contributed by atoms with Crippen LogP contribution in [0.3, 0.4) is 0 Å². The van der Waals surface area contributed by atoms with Crippen LogP contribution >= 0.6 is 0 Å². The van der Waals surface area contributed by atoms with Gasteiger partial charge in [-0.25, -0.2) is 14.2 Å². The van der Waals surface area contributed by atoms with Crippen LogP contribution in [0.25, 0.3) is 0 Å². The van der Waals surface area contributed by atoms with E-state index in [0.29, 0.717) is 36.7 Å². The predicted octanol–water partition coefficient (Wildman–Crippen LogP) is 3.92. The molecule has 1 saturated heterocycles. The molecule has 2 aromatic carbocycles. The van der Waals surface area contributed by atoms with Gasteiger partial charge >= 0.3 is 6.03 Å². The predicted molar refractivity (Wildman–Crippen MR) is 108 cm³/mol. The molecular formula is C22H19FN4O2. The van der Waals surface area contributed by atoms with E-state index < -0.39 is 5.82 Å². The summed E-state index contributed by atoms with van der Waals surface area (Å²) in [6.07, 6.45) is 1.50. The van der Waals surface area contributed by atoms with Gasteiger partial charge in [-0.05, 0) is 42.0 Å². The fraction of sp³-hybridized carbons (Fsp3) is 0.136. The first kappa shape index (κ1) is 18.6. The number of halogens is 1. The van der Waals surface area contributed by atoms with Gasteiger partial charge in [0.05, 0.1) is 11.9 Å². The maximum atomic E-state index is 13.0. The van der Waals surface area contributed by atoms with E-state index in [1.807, 2.05) is 30.3 Å². The van der Waals surface area contributed by atoms with Gasteiger partial charge in [0.1, 0.15) is 11.6 Å². The molecule has 6 nitrogen and oxygen atoms in total. The highest BCUT2D eigenvalue weighted by Crippen LogP contribution is 2.21. The number of aromatic nitrogens is 1. The number of amides is 3. The molecule has 29 heavy (non-hydrogen) atoms. The highest BCUT2D eigenvalue weighted by molar-refractivity contribution is 6.04. The first-order valence-corrected chi connectivity index (χ1v) is 9.23. The van der Waals surface area contributed by atoms with E-state index in [2.05, 4.69) is 10.3 Å². The number of pyridine rings is 1. The van der Waals surface area contributed by atoms with Gasteiger partial charge in [-0.2, -0.15) is 0 Å². The maximum absolute atomic E-state index is 13.0. The summed E-state index contributed by atoms with van der Waals surface area (Å²) in [6.45, 7) is 1.74. The minimum absolute atomic E-state index is 0.0931. The van der Waals surface area contributed by atoms with E-state index in [1.165, 1.54) is 30.5 Å². The normalized spacial score (nSPS) is 13.6. The van der Waals surface area contributed by atoms with Crippen molar-refractivity contribution in [1.82, 2.24) is 9.88 Å². The lowest BCUT2D eigenvalue weighted by atomic mass is 10.2. The van der Waals surface area contributed by atoms with Crippen LogP contribution in [0.2, 0.25) is 0 Å². The zero-order valence-electron chi connectivity index (χ0n) is 15.6. The molecule has 7 heteroatoms. The van der Waals surface area contributed by atoms with Crippen LogP contribution in [-0.2, 0) is 6.54 Å². The van der Waals surface area contributed by atoms with Crippen LogP contribution in [0.1, 0.15) is 15.9 Å². The number of carbonyl (C=O) groups is 2. The molecule has 0 aliphatic carbocycles. The number of nitrogens with one attached hydrogen (secondary N) is 1. The van der Waals surface area contributed by atoms with Crippen molar-refractivity contribution < 1.29 is 14.0 Å². The van der Waals surface area contributed by atoms with Gasteiger partial charge in [-0.3, -0.25) is 9.69 Å². The van der Waals surface area contributed by atoms with Crippen molar-refractivity contribution in [3.63, 3.8) is 0 Å². The Bertz CT molecular complexity index is 1010. The lowest BCUT2D eigenvalue weighted by molar-refractivity contribution is 0.102. The quantitative estimate of drug-likeness (QED) is 0.718. The zero-order chi connectivity index (χ0) is 20.2. The molecule has 2 heterocycles. The summed E-state index contributed by atoms with van der Waals surface area (Å²) in [4.78, 5) is 32.6. The number of rotatable bonds is 5. The minimum atomic E-state index is -0.399. The monoisotopic (exact) mass is 390 g/mol. The molecule has 1 aromatic heterocycles. The first-order chi connectivity index (χ1) is 14.1. The molecule has 4 rings (SSSR count). The molecule has 0 saturated carbocycles. The molecule has 1 N–H and O–H groups in total. The molecule has 0 atom stereocenters. The van der Waals surface area contributed by atoms with Crippen molar-refractivity contribution in [2.24, 2.45) is 0 Å². The third-order valence-corrected chi connectivity index (χ3v) is 4.70. The first-order valence-electron chi connectivity index (χ1n) is 9.23. The SMILES string of the molecule is O=C(Nc1ccc(N2CCN(Cc3ccccc3)C2=O)nc1)c1ccc(F)cc1. The summed E-state index contributed by atoms with van der Waals surface area (Å²) < 4.78 is 13.0. The van der Waals surface area contributed by atoms with E-state index >= 15 is 0 Å². The minimum Gasteiger partial charge on any atom is -0.321 e.